The van der Waals surface area contributed by atoms with Crippen LogP contribution in [0.5, 0.6) is 5.75 Å². The zero-order chi connectivity index (χ0) is 27.0. The van der Waals surface area contributed by atoms with Crippen LogP contribution in [0.25, 0.3) is 10.6 Å². The highest BCUT2D eigenvalue weighted by Gasteiger charge is 2.30. The molecule has 0 bridgehead atoms. The first-order valence-corrected chi connectivity index (χ1v) is 12.3. The molecule has 2 amide bonds. The molecule has 2 heterocycles. The second-order valence-corrected chi connectivity index (χ2v) is 10.4. The highest BCUT2D eigenvalue weighted by atomic mass is 32.1. The first-order chi connectivity index (χ1) is 17.4. The number of hydrogen-bond donors (Lipinski definition) is 4. The van der Waals surface area contributed by atoms with Crippen LogP contribution in [0, 0.1) is 5.92 Å². The summed E-state index contributed by atoms with van der Waals surface area (Å²) in [6.07, 6.45) is 4.58. The molecule has 0 atom stereocenters. The first kappa shape index (κ1) is 26.7. The van der Waals surface area contributed by atoms with Gasteiger partial charge in [0.05, 0.1) is 63.6 Å². The molecule has 1 aliphatic rings. The number of nitrogens with zero attached hydrogens (tertiary/aromatic N) is 2. The first-order valence-electron chi connectivity index (χ1n) is 11.5. The van der Waals surface area contributed by atoms with Crippen LogP contribution in [0.3, 0.4) is 0 Å². The second-order valence-electron chi connectivity index (χ2n) is 9.37. The summed E-state index contributed by atoms with van der Waals surface area (Å²) >= 11 is 1.34. The van der Waals surface area contributed by atoms with Gasteiger partial charge in [-0.3, -0.25) is 9.59 Å². The van der Waals surface area contributed by atoms with Crippen molar-refractivity contribution >= 4 is 63.9 Å². The maximum Gasteiger partial charge on any atom is 0.253 e. The molecule has 1 aliphatic carbocycles. The number of aliphatic hydroxyl groups is 1. The minimum Gasteiger partial charge on any atom is -0.494 e. The summed E-state index contributed by atoms with van der Waals surface area (Å²) in [4.78, 5) is 34.5. The minimum absolute atomic E-state index is 0.0302. The molecule has 1 fully saturated rings. The average Bonchev–Trinajstić information content (AvgIpc) is 3.53. The number of pyridine rings is 1. The Kier molecular flexibility index (Phi) is 7.39. The molecule has 4 N–H and O–H groups in total. The van der Waals surface area contributed by atoms with Gasteiger partial charge in [-0.05, 0) is 38.8 Å². The Morgan fingerprint density at radius 3 is 2.46 bits per heavy atom. The van der Waals surface area contributed by atoms with Gasteiger partial charge in [0.25, 0.3) is 5.91 Å². The third-order valence-electron chi connectivity index (χ3n) is 5.51. The van der Waals surface area contributed by atoms with Crippen molar-refractivity contribution in [3.63, 3.8) is 0 Å². The molecule has 1 saturated carbocycles. The van der Waals surface area contributed by atoms with Gasteiger partial charge < -0.3 is 25.8 Å². The summed E-state index contributed by atoms with van der Waals surface area (Å²) in [5.41, 5.74) is 0.541. The van der Waals surface area contributed by atoms with Gasteiger partial charge in [0.15, 0.2) is 5.75 Å². The van der Waals surface area contributed by atoms with Crippen LogP contribution in [-0.2, 0) is 10.4 Å². The number of anilines is 3. The number of nitrogens with one attached hydrogen (secondary N) is 3. The predicted molar refractivity (Wildman–Crippen MR) is 146 cm³/mol. The van der Waals surface area contributed by atoms with E-state index in [0.29, 0.717) is 32.6 Å². The number of benzene rings is 1. The van der Waals surface area contributed by atoms with Gasteiger partial charge in [0.1, 0.15) is 10.8 Å². The lowest BCUT2D eigenvalue weighted by Crippen LogP contribution is -2.50. The lowest BCUT2D eigenvalue weighted by molar-refractivity contribution is -0.117. The molecule has 37 heavy (non-hydrogen) atoms. The van der Waals surface area contributed by atoms with Crippen molar-refractivity contribution in [1.82, 2.24) is 15.3 Å². The zero-order valence-electron chi connectivity index (χ0n) is 20.7. The van der Waals surface area contributed by atoms with Crippen LogP contribution >= 0.6 is 11.3 Å². The Morgan fingerprint density at radius 2 is 1.86 bits per heavy atom. The number of carbonyl (C=O) groups is 2. The molecule has 9 nitrogen and oxygen atoms in total. The van der Waals surface area contributed by atoms with Crippen LogP contribution < -0.4 is 20.7 Å². The van der Waals surface area contributed by atoms with E-state index in [2.05, 4.69) is 25.9 Å². The van der Waals surface area contributed by atoms with E-state index in [4.69, 9.17) is 28.3 Å². The van der Waals surface area contributed by atoms with Gasteiger partial charge in [-0.25, -0.2) is 9.97 Å². The van der Waals surface area contributed by atoms with Crippen molar-refractivity contribution in [3.8, 4) is 16.3 Å². The molecule has 13 heteroatoms. The SMILES string of the molecule is [B]C([B])([B])NC(=O)c1cnc(NC(=O)C2CC2)cc1Nc1cccc(-c2ncc(C(C)(C)O)s2)c1OC. The fourth-order valence-electron chi connectivity index (χ4n) is 3.50. The van der Waals surface area contributed by atoms with E-state index >= 15 is 0 Å². The minimum atomic E-state index is -1.95. The van der Waals surface area contributed by atoms with Gasteiger partial charge in [-0.2, -0.15) is 0 Å². The van der Waals surface area contributed by atoms with Crippen LogP contribution in [0.4, 0.5) is 17.2 Å². The maximum absolute atomic E-state index is 12.9. The molecule has 3 aromatic rings. The number of ether oxygens (including phenoxy) is 1. The predicted octanol–water partition coefficient (Wildman–Crippen LogP) is 2.38. The lowest BCUT2D eigenvalue weighted by atomic mass is 9.49. The number of aromatic nitrogens is 2. The topological polar surface area (TPSA) is 125 Å². The quantitative estimate of drug-likeness (QED) is 0.326. The van der Waals surface area contributed by atoms with Gasteiger partial charge in [0.2, 0.25) is 5.91 Å². The van der Waals surface area contributed by atoms with Crippen LogP contribution in [0.2, 0.25) is 0 Å². The summed E-state index contributed by atoms with van der Waals surface area (Å²) in [6, 6.07) is 6.93. The van der Waals surface area contributed by atoms with Crippen molar-refractivity contribution in [2.24, 2.45) is 5.92 Å². The molecule has 6 radical (unpaired) electrons. The second kappa shape index (κ2) is 10.2. The number of para-hydroxylation sites is 1. The number of thiazole rings is 1. The highest BCUT2D eigenvalue weighted by molar-refractivity contribution is 7.15. The Labute approximate surface area is 223 Å². The molecule has 1 aromatic carbocycles. The van der Waals surface area contributed by atoms with Gasteiger partial charge in [-0.15, -0.1) is 11.3 Å². The van der Waals surface area contributed by atoms with E-state index in [0.717, 1.165) is 12.8 Å². The molecule has 0 saturated heterocycles. The van der Waals surface area contributed by atoms with E-state index in [1.807, 2.05) is 6.07 Å². The number of rotatable bonds is 9. The smallest absolute Gasteiger partial charge is 0.253 e. The van der Waals surface area contributed by atoms with Gasteiger partial charge in [0, 0.05) is 24.4 Å². The van der Waals surface area contributed by atoms with Crippen LogP contribution in [0.1, 0.15) is 41.9 Å². The molecule has 0 aliphatic heterocycles. The van der Waals surface area contributed by atoms with Gasteiger partial charge >= 0.3 is 0 Å². The number of hydrogen-bond acceptors (Lipinski definition) is 8. The molecular weight excluding hydrogens is 487 g/mol. The normalized spacial score (nSPS) is 13.6. The Morgan fingerprint density at radius 1 is 1.14 bits per heavy atom. The van der Waals surface area contributed by atoms with Gasteiger partial charge in [-0.1, -0.05) is 11.3 Å². The molecular formula is C24H24B3N5O4S. The van der Waals surface area contributed by atoms with Crippen LogP contribution in [-0.4, -0.2) is 62.8 Å². The number of carbonyl (C=O) groups excluding carboxylic acids is 2. The monoisotopic (exact) mass is 511 g/mol. The van der Waals surface area contributed by atoms with Crippen molar-refractivity contribution < 1.29 is 19.4 Å². The molecule has 4 rings (SSSR count). The molecule has 0 unspecified atom stereocenters. The summed E-state index contributed by atoms with van der Waals surface area (Å²) in [7, 11) is 18.2. The summed E-state index contributed by atoms with van der Waals surface area (Å²) < 4.78 is 5.71. The third-order valence-corrected chi connectivity index (χ3v) is 6.85. The van der Waals surface area contributed by atoms with Crippen LogP contribution in [0.15, 0.2) is 36.7 Å². The summed E-state index contributed by atoms with van der Waals surface area (Å²) in [5.74, 6) is -0.117. The van der Waals surface area contributed by atoms with Crippen molar-refractivity contribution in [3.05, 3.63) is 47.1 Å². The van der Waals surface area contributed by atoms with E-state index in [9.17, 15) is 14.7 Å². The average molecular weight is 511 g/mol. The fourth-order valence-corrected chi connectivity index (χ4v) is 4.44. The third kappa shape index (κ3) is 6.53. The van der Waals surface area contributed by atoms with Crippen molar-refractivity contribution in [2.75, 3.05) is 17.7 Å². The highest BCUT2D eigenvalue weighted by Crippen LogP contribution is 2.41. The number of methoxy groups -OCH3 is 1. The molecule has 184 valence electrons. The Balaban J connectivity index is 1.72. The molecule has 0 spiro atoms. The fraction of sp³-hybridized carbons (Fsp3) is 0.333. The summed E-state index contributed by atoms with van der Waals surface area (Å²) in [6.45, 7) is 3.38. The van der Waals surface area contributed by atoms with E-state index < -0.39 is 16.7 Å². The van der Waals surface area contributed by atoms with E-state index in [1.54, 1.807) is 32.2 Å². The standard InChI is InChI=1S/C24H24B3N5O4S/c1-23(2,35)17-11-29-22(37-17)13-5-4-6-15(19(13)36-3)30-16-9-18(31-20(33)12-7-8-12)28-10-14(16)21(34)32-24(25,26)27/h4-6,9-12,35H,7-8H2,1-3H3,(H,32,34)(H2,28,30,31,33). The Hall–Kier alpha value is -3.31. The summed E-state index contributed by atoms with van der Waals surface area (Å²) in [5, 5.41) is 17.3. The van der Waals surface area contributed by atoms with E-state index in [-0.39, 0.29) is 23.2 Å². The maximum atomic E-state index is 12.9. The van der Waals surface area contributed by atoms with Crippen molar-refractivity contribution in [1.29, 1.82) is 0 Å². The largest absolute Gasteiger partial charge is 0.494 e. The zero-order valence-corrected chi connectivity index (χ0v) is 21.5. The lowest BCUT2D eigenvalue weighted by Gasteiger charge is -2.23. The Bertz CT molecular complexity index is 1330. The van der Waals surface area contributed by atoms with E-state index in [1.165, 1.54) is 30.7 Å². The molecule has 2 aromatic heterocycles. The number of amides is 2. The van der Waals surface area contributed by atoms with Crippen molar-refractivity contribution in [2.45, 2.75) is 37.5 Å².